The molecule has 1 saturated heterocycles. The molecule has 1 aromatic carbocycles. The summed E-state index contributed by atoms with van der Waals surface area (Å²) in [5, 5.41) is 3.72. The van der Waals surface area contributed by atoms with Gasteiger partial charge < -0.3 is 5.32 Å². The van der Waals surface area contributed by atoms with E-state index >= 15 is 0 Å². The van der Waals surface area contributed by atoms with E-state index in [2.05, 4.69) is 5.32 Å². The second-order valence-electron chi connectivity index (χ2n) is 5.12. The molecule has 0 aromatic heterocycles. The number of rotatable bonds is 3. The van der Waals surface area contributed by atoms with Crippen molar-refractivity contribution in [1.29, 1.82) is 0 Å². The highest BCUT2D eigenvalue weighted by Gasteiger charge is 2.36. The van der Waals surface area contributed by atoms with Crippen molar-refractivity contribution < 1.29 is 13.2 Å². The van der Waals surface area contributed by atoms with Crippen LogP contribution in [0, 0.1) is 6.92 Å². The summed E-state index contributed by atoms with van der Waals surface area (Å²) in [5.41, 5.74) is 1.53. The molecule has 2 nitrogen and oxygen atoms in total. The molecule has 2 rings (SSSR count). The maximum Gasteiger partial charge on any atom is 0.390 e. The van der Waals surface area contributed by atoms with E-state index in [0.717, 1.165) is 18.7 Å². The van der Waals surface area contributed by atoms with Gasteiger partial charge in [0.15, 0.2) is 0 Å². The maximum atomic E-state index is 12.9. The third kappa shape index (κ3) is 4.11. The van der Waals surface area contributed by atoms with Gasteiger partial charge in [0.1, 0.15) is 0 Å². The molecule has 6 heteroatoms. The molecular weight excluding hydrogens is 289 g/mol. The summed E-state index contributed by atoms with van der Waals surface area (Å²) in [6.07, 6.45) is -5.00. The standard InChI is InChI=1S/C14H18ClF3N2/c1-10-8-11(15)2-3-12(10)13(9-14(16,17)18)20-6-4-19-5-7-20/h2-3,8,13,19H,4-7,9H2,1H3/t13-/m1/s1. The third-order valence-electron chi connectivity index (χ3n) is 3.61. The van der Waals surface area contributed by atoms with Gasteiger partial charge in [0.2, 0.25) is 0 Å². The zero-order valence-electron chi connectivity index (χ0n) is 11.3. The lowest BCUT2D eigenvalue weighted by Gasteiger charge is -2.36. The second-order valence-corrected chi connectivity index (χ2v) is 5.56. The van der Waals surface area contributed by atoms with Crippen LogP contribution in [0.25, 0.3) is 0 Å². The van der Waals surface area contributed by atoms with Crippen molar-refractivity contribution in [2.45, 2.75) is 25.6 Å². The average Bonchev–Trinajstić information content (AvgIpc) is 2.36. The zero-order chi connectivity index (χ0) is 14.8. The minimum atomic E-state index is -4.18. The van der Waals surface area contributed by atoms with Gasteiger partial charge in [0.05, 0.1) is 6.42 Å². The molecule has 1 heterocycles. The summed E-state index contributed by atoms with van der Waals surface area (Å²) in [6, 6.07) is 4.47. The molecule has 1 N–H and O–H groups in total. The van der Waals surface area contributed by atoms with E-state index in [1.807, 2.05) is 11.8 Å². The van der Waals surface area contributed by atoms with E-state index in [-0.39, 0.29) is 0 Å². The molecule has 0 aliphatic carbocycles. The van der Waals surface area contributed by atoms with Crippen molar-refractivity contribution in [3.8, 4) is 0 Å². The Bertz CT molecular complexity index is 456. The van der Waals surface area contributed by atoms with E-state index in [1.54, 1.807) is 18.2 Å². The molecular formula is C14H18ClF3N2. The molecule has 1 aliphatic rings. The largest absolute Gasteiger partial charge is 0.390 e. The number of aryl methyl sites for hydroxylation is 1. The van der Waals surface area contributed by atoms with Gasteiger partial charge in [-0.2, -0.15) is 13.2 Å². The molecule has 1 aliphatic heterocycles. The summed E-state index contributed by atoms with van der Waals surface area (Å²) >= 11 is 5.89. The molecule has 1 atom stereocenters. The van der Waals surface area contributed by atoms with E-state index in [4.69, 9.17) is 11.6 Å². The van der Waals surface area contributed by atoms with Crippen molar-refractivity contribution in [2.24, 2.45) is 0 Å². The van der Waals surface area contributed by atoms with Crippen LogP contribution in [0.2, 0.25) is 5.02 Å². The Morgan fingerprint density at radius 1 is 1.30 bits per heavy atom. The van der Waals surface area contributed by atoms with Gasteiger partial charge in [-0.3, -0.25) is 4.90 Å². The van der Waals surface area contributed by atoms with Gasteiger partial charge in [0, 0.05) is 37.2 Å². The van der Waals surface area contributed by atoms with Crippen LogP contribution in [-0.2, 0) is 0 Å². The monoisotopic (exact) mass is 306 g/mol. The molecule has 0 saturated carbocycles. The van der Waals surface area contributed by atoms with E-state index in [9.17, 15) is 13.2 Å². The zero-order valence-corrected chi connectivity index (χ0v) is 12.1. The van der Waals surface area contributed by atoms with Gasteiger partial charge in [0.25, 0.3) is 0 Å². The number of nitrogens with one attached hydrogen (secondary N) is 1. The van der Waals surface area contributed by atoms with Crippen LogP contribution in [0.1, 0.15) is 23.6 Å². The van der Waals surface area contributed by atoms with Gasteiger partial charge in [-0.15, -0.1) is 0 Å². The first-order valence-corrected chi connectivity index (χ1v) is 7.02. The molecule has 0 bridgehead atoms. The van der Waals surface area contributed by atoms with Gasteiger partial charge in [-0.05, 0) is 30.2 Å². The Labute approximate surface area is 121 Å². The van der Waals surface area contributed by atoms with E-state index < -0.39 is 18.6 Å². The molecule has 0 spiro atoms. The first kappa shape index (κ1) is 15.6. The van der Waals surface area contributed by atoms with Crippen LogP contribution in [0.15, 0.2) is 18.2 Å². The molecule has 1 fully saturated rings. The Balaban J connectivity index is 2.29. The number of alkyl halides is 3. The SMILES string of the molecule is Cc1cc(Cl)ccc1[C@@H](CC(F)(F)F)N1CCNCC1. The first-order valence-electron chi connectivity index (χ1n) is 6.64. The van der Waals surface area contributed by atoms with Crippen molar-refractivity contribution in [2.75, 3.05) is 26.2 Å². The van der Waals surface area contributed by atoms with Gasteiger partial charge in [-0.25, -0.2) is 0 Å². The normalized spacial score (nSPS) is 19.1. The number of piperazine rings is 1. The fourth-order valence-electron chi connectivity index (χ4n) is 2.66. The van der Waals surface area contributed by atoms with Crippen molar-refractivity contribution in [3.05, 3.63) is 34.3 Å². The highest BCUT2D eigenvalue weighted by molar-refractivity contribution is 6.30. The molecule has 0 radical (unpaired) electrons. The molecule has 0 unspecified atom stereocenters. The van der Waals surface area contributed by atoms with Crippen molar-refractivity contribution >= 4 is 11.6 Å². The predicted molar refractivity (Wildman–Crippen MR) is 74.0 cm³/mol. The Morgan fingerprint density at radius 2 is 1.95 bits per heavy atom. The summed E-state index contributed by atoms with van der Waals surface area (Å²) in [5.74, 6) is 0. The Morgan fingerprint density at radius 3 is 2.50 bits per heavy atom. The highest BCUT2D eigenvalue weighted by atomic mass is 35.5. The molecule has 20 heavy (non-hydrogen) atoms. The van der Waals surface area contributed by atoms with Crippen LogP contribution in [0.5, 0.6) is 0 Å². The Hall–Kier alpha value is -0.780. The van der Waals surface area contributed by atoms with E-state index in [0.29, 0.717) is 23.7 Å². The Kier molecular flexibility index (Phi) is 4.94. The number of nitrogens with zero attached hydrogens (tertiary/aromatic N) is 1. The quantitative estimate of drug-likeness (QED) is 0.919. The molecule has 1 aromatic rings. The predicted octanol–water partition coefficient (Wildman–Crippen LogP) is 3.55. The average molecular weight is 307 g/mol. The van der Waals surface area contributed by atoms with Gasteiger partial charge in [-0.1, -0.05) is 17.7 Å². The summed E-state index contributed by atoms with van der Waals surface area (Å²) in [7, 11) is 0. The minimum absolute atomic E-state index is 0.553. The van der Waals surface area contributed by atoms with Gasteiger partial charge >= 0.3 is 6.18 Å². The number of halogens is 4. The molecule has 0 amide bonds. The van der Waals surface area contributed by atoms with Crippen LogP contribution >= 0.6 is 11.6 Å². The minimum Gasteiger partial charge on any atom is -0.314 e. The highest BCUT2D eigenvalue weighted by Crippen LogP contribution is 2.35. The lowest BCUT2D eigenvalue weighted by molar-refractivity contribution is -0.148. The number of hydrogen-bond donors (Lipinski definition) is 1. The smallest absolute Gasteiger partial charge is 0.314 e. The van der Waals surface area contributed by atoms with E-state index in [1.165, 1.54) is 0 Å². The third-order valence-corrected chi connectivity index (χ3v) is 3.84. The van der Waals surface area contributed by atoms with Crippen LogP contribution in [-0.4, -0.2) is 37.3 Å². The summed E-state index contributed by atoms with van der Waals surface area (Å²) in [6.45, 7) is 4.51. The fraction of sp³-hybridized carbons (Fsp3) is 0.571. The molecule has 112 valence electrons. The topological polar surface area (TPSA) is 15.3 Å². The summed E-state index contributed by atoms with van der Waals surface area (Å²) < 4.78 is 38.7. The number of benzene rings is 1. The second kappa shape index (κ2) is 6.33. The first-order chi connectivity index (χ1) is 9.37. The summed E-state index contributed by atoms with van der Waals surface area (Å²) in [4.78, 5) is 1.90. The lowest BCUT2D eigenvalue weighted by Crippen LogP contribution is -2.46. The maximum absolute atomic E-state index is 12.9. The van der Waals surface area contributed by atoms with Crippen LogP contribution in [0.3, 0.4) is 0 Å². The van der Waals surface area contributed by atoms with Crippen LogP contribution < -0.4 is 5.32 Å². The fourth-order valence-corrected chi connectivity index (χ4v) is 2.89. The lowest BCUT2D eigenvalue weighted by atomic mass is 9.96. The van der Waals surface area contributed by atoms with Crippen LogP contribution in [0.4, 0.5) is 13.2 Å². The van der Waals surface area contributed by atoms with Crippen molar-refractivity contribution in [1.82, 2.24) is 10.2 Å². The van der Waals surface area contributed by atoms with Crippen molar-refractivity contribution in [3.63, 3.8) is 0 Å². The number of hydrogen-bond acceptors (Lipinski definition) is 2.